The Hall–Kier alpha value is -1.63. The lowest BCUT2D eigenvalue weighted by atomic mass is 10.2. The number of fused-ring (bicyclic) bond motifs is 1. The molecule has 0 radical (unpaired) electrons. The van der Waals surface area contributed by atoms with E-state index < -0.39 is 0 Å². The maximum atomic E-state index is 4.51. The summed E-state index contributed by atoms with van der Waals surface area (Å²) < 4.78 is 1.21. The molecule has 18 heavy (non-hydrogen) atoms. The Morgan fingerprint density at radius 1 is 1.06 bits per heavy atom. The van der Waals surface area contributed by atoms with Gasteiger partial charge < -0.3 is 10.3 Å². The minimum Gasteiger partial charge on any atom is -0.373 e. The van der Waals surface area contributed by atoms with Gasteiger partial charge >= 0.3 is 0 Å². The van der Waals surface area contributed by atoms with Crippen molar-refractivity contribution in [3.63, 3.8) is 0 Å². The maximum Gasteiger partial charge on any atom is 0.180 e. The van der Waals surface area contributed by atoms with E-state index in [1.54, 1.807) is 0 Å². The molecule has 0 aliphatic heterocycles. The molecule has 0 unspecified atom stereocenters. The largest absolute Gasteiger partial charge is 0.373 e. The lowest BCUT2D eigenvalue weighted by Gasteiger charge is -1.95. The zero-order chi connectivity index (χ0) is 12.5. The van der Waals surface area contributed by atoms with E-state index in [4.69, 9.17) is 0 Å². The molecule has 0 aliphatic rings. The van der Waals surface area contributed by atoms with E-state index in [1.165, 1.54) is 3.57 Å². The van der Waals surface area contributed by atoms with Crippen molar-refractivity contribution in [3.8, 4) is 11.4 Å². The van der Waals surface area contributed by atoms with Gasteiger partial charge in [0, 0.05) is 16.2 Å². The monoisotopic (exact) mass is 350 g/mol. The van der Waals surface area contributed by atoms with Crippen LogP contribution in [0.15, 0.2) is 36.4 Å². The number of anilines is 1. The molecule has 0 saturated carbocycles. The molecule has 3 rings (SSSR count). The molecule has 4 nitrogen and oxygen atoms in total. The maximum absolute atomic E-state index is 4.51. The van der Waals surface area contributed by atoms with Gasteiger partial charge in [-0.3, -0.25) is 0 Å². The predicted molar refractivity (Wildman–Crippen MR) is 81.6 cm³/mol. The lowest BCUT2D eigenvalue weighted by Crippen LogP contribution is -1.91. The first-order chi connectivity index (χ1) is 8.76. The number of aromatic amines is 1. The number of benzene rings is 1. The zero-order valence-corrected chi connectivity index (χ0v) is 11.9. The van der Waals surface area contributed by atoms with E-state index in [1.807, 2.05) is 19.2 Å². The molecule has 3 aromatic rings. The van der Waals surface area contributed by atoms with Gasteiger partial charge in [0.05, 0.1) is 5.52 Å². The van der Waals surface area contributed by atoms with Crippen LogP contribution >= 0.6 is 22.6 Å². The highest BCUT2D eigenvalue weighted by Crippen LogP contribution is 2.21. The first-order valence-electron chi connectivity index (χ1n) is 5.57. The number of hydrogen-bond acceptors (Lipinski definition) is 3. The summed E-state index contributed by atoms with van der Waals surface area (Å²) in [5.41, 5.74) is 2.75. The normalized spacial score (nSPS) is 10.8. The summed E-state index contributed by atoms with van der Waals surface area (Å²) in [6.45, 7) is 0. The van der Waals surface area contributed by atoms with Gasteiger partial charge in [0.1, 0.15) is 11.6 Å². The van der Waals surface area contributed by atoms with Crippen molar-refractivity contribution in [2.45, 2.75) is 0 Å². The summed E-state index contributed by atoms with van der Waals surface area (Å²) in [5.74, 6) is 1.67. The summed E-state index contributed by atoms with van der Waals surface area (Å²) in [4.78, 5) is 12.2. The molecule has 1 aromatic carbocycles. The van der Waals surface area contributed by atoms with Gasteiger partial charge in [-0.05, 0) is 46.9 Å². The molecule has 90 valence electrons. The van der Waals surface area contributed by atoms with Crippen molar-refractivity contribution in [2.75, 3.05) is 12.4 Å². The van der Waals surface area contributed by atoms with Gasteiger partial charge in [0.2, 0.25) is 0 Å². The molecule has 2 aromatic heterocycles. The minimum absolute atomic E-state index is 0.732. The molecule has 0 fully saturated rings. The first kappa shape index (κ1) is 11.5. The van der Waals surface area contributed by atoms with Crippen molar-refractivity contribution in [1.82, 2.24) is 15.0 Å². The molecule has 2 heterocycles. The van der Waals surface area contributed by atoms with E-state index in [9.17, 15) is 0 Å². The third-order valence-corrected chi connectivity index (χ3v) is 3.44. The highest BCUT2D eigenvalue weighted by molar-refractivity contribution is 14.1. The van der Waals surface area contributed by atoms with Crippen LogP contribution in [0.1, 0.15) is 0 Å². The molecule has 2 N–H and O–H groups in total. The Balaban J connectivity index is 2.10. The van der Waals surface area contributed by atoms with Crippen molar-refractivity contribution in [1.29, 1.82) is 0 Å². The molecule has 0 saturated heterocycles. The van der Waals surface area contributed by atoms with Crippen LogP contribution in [0.3, 0.4) is 0 Å². The van der Waals surface area contributed by atoms with Crippen LogP contribution in [0.4, 0.5) is 5.82 Å². The summed E-state index contributed by atoms with van der Waals surface area (Å²) in [6.07, 6.45) is 0. The Kier molecular flexibility index (Phi) is 2.91. The quantitative estimate of drug-likeness (QED) is 0.698. The van der Waals surface area contributed by atoms with E-state index in [0.717, 1.165) is 28.4 Å². The van der Waals surface area contributed by atoms with Gasteiger partial charge in [-0.15, -0.1) is 0 Å². The Morgan fingerprint density at radius 3 is 2.56 bits per heavy atom. The molecule has 0 atom stereocenters. The minimum atomic E-state index is 0.732. The van der Waals surface area contributed by atoms with Crippen LogP contribution in [-0.2, 0) is 0 Å². The number of halogens is 1. The number of nitrogens with one attached hydrogen (secondary N) is 2. The van der Waals surface area contributed by atoms with Crippen LogP contribution < -0.4 is 5.32 Å². The molecule has 0 amide bonds. The number of nitrogens with zero attached hydrogens (tertiary/aromatic N) is 2. The van der Waals surface area contributed by atoms with Gasteiger partial charge in [-0.1, -0.05) is 12.1 Å². The molecular formula is C13H11IN4. The van der Waals surface area contributed by atoms with Crippen LogP contribution in [0.2, 0.25) is 0 Å². The fourth-order valence-corrected chi connectivity index (χ4v) is 2.14. The number of pyridine rings is 1. The van der Waals surface area contributed by atoms with Crippen molar-refractivity contribution in [3.05, 3.63) is 40.0 Å². The smallest absolute Gasteiger partial charge is 0.180 e. The van der Waals surface area contributed by atoms with Crippen molar-refractivity contribution < 1.29 is 0 Å². The first-order valence-corrected chi connectivity index (χ1v) is 6.64. The van der Waals surface area contributed by atoms with Gasteiger partial charge in [-0.2, -0.15) is 0 Å². The third kappa shape index (κ3) is 2.05. The fraction of sp³-hybridized carbons (Fsp3) is 0.0769. The summed E-state index contributed by atoms with van der Waals surface area (Å²) in [5, 5.41) is 3.01. The number of rotatable bonds is 2. The Labute approximate surface area is 118 Å². The lowest BCUT2D eigenvalue weighted by molar-refractivity contribution is 1.28. The molecular weight excluding hydrogens is 339 g/mol. The Bertz CT molecular complexity index is 688. The third-order valence-electron chi connectivity index (χ3n) is 2.72. The molecule has 5 heteroatoms. The molecule has 0 aliphatic carbocycles. The van der Waals surface area contributed by atoms with Crippen LogP contribution in [0.5, 0.6) is 0 Å². The summed E-state index contributed by atoms with van der Waals surface area (Å²) >= 11 is 2.29. The fourth-order valence-electron chi connectivity index (χ4n) is 1.78. The van der Waals surface area contributed by atoms with E-state index in [2.05, 4.69) is 67.1 Å². The summed E-state index contributed by atoms with van der Waals surface area (Å²) in [7, 11) is 1.85. The summed E-state index contributed by atoms with van der Waals surface area (Å²) in [6, 6.07) is 12.2. The molecule has 0 spiro atoms. The predicted octanol–water partition coefficient (Wildman–Crippen LogP) is 3.27. The van der Waals surface area contributed by atoms with Crippen molar-refractivity contribution in [2.24, 2.45) is 0 Å². The second-order valence-electron chi connectivity index (χ2n) is 3.91. The number of hydrogen-bond donors (Lipinski definition) is 2. The van der Waals surface area contributed by atoms with E-state index in [0.29, 0.717) is 0 Å². The SMILES string of the molecule is CNc1ccc2[nH]c(-c3ccc(I)cc3)nc2n1. The van der Waals surface area contributed by atoms with Gasteiger partial charge in [0.15, 0.2) is 5.65 Å². The average molecular weight is 350 g/mol. The van der Waals surface area contributed by atoms with Crippen LogP contribution in [0, 0.1) is 3.57 Å². The highest BCUT2D eigenvalue weighted by atomic mass is 127. The average Bonchev–Trinajstić information content (AvgIpc) is 2.82. The van der Waals surface area contributed by atoms with Crippen LogP contribution in [-0.4, -0.2) is 22.0 Å². The Morgan fingerprint density at radius 2 is 1.83 bits per heavy atom. The number of imidazole rings is 1. The van der Waals surface area contributed by atoms with E-state index in [-0.39, 0.29) is 0 Å². The second-order valence-corrected chi connectivity index (χ2v) is 5.16. The van der Waals surface area contributed by atoms with Crippen molar-refractivity contribution >= 4 is 39.6 Å². The standard InChI is InChI=1S/C13H11IN4/c1-15-11-7-6-10-13(17-11)18-12(16-10)8-2-4-9(14)5-3-8/h2-7H,1H3,(H2,15,16,17,18). The zero-order valence-electron chi connectivity index (χ0n) is 9.74. The highest BCUT2D eigenvalue weighted by Gasteiger charge is 2.06. The molecule has 0 bridgehead atoms. The van der Waals surface area contributed by atoms with Gasteiger partial charge in [0.25, 0.3) is 0 Å². The van der Waals surface area contributed by atoms with Crippen LogP contribution in [0.25, 0.3) is 22.6 Å². The number of H-pyrrole nitrogens is 1. The topological polar surface area (TPSA) is 53.6 Å². The second kappa shape index (κ2) is 4.56. The van der Waals surface area contributed by atoms with Gasteiger partial charge in [-0.25, -0.2) is 9.97 Å². The number of aromatic nitrogens is 3. The van der Waals surface area contributed by atoms with E-state index >= 15 is 0 Å².